The van der Waals surface area contributed by atoms with Crippen LogP contribution in [0.3, 0.4) is 0 Å². The van der Waals surface area contributed by atoms with Crippen molar-refractivity contribution < 1.29 is 19.2 Å². The van der Waals surface area contributed by atoms with E-state index in [1.54, 1.807) is 48.5 Å². The van der Waals surface area contributed by atoms with Gasteiger partial charge in [0, 0.05) is 22.5 Å². The molecule has 3 N–H and O–H groups in total. The quantitative estimate of drug-likeness (QED) is 0.239. The molecule has 4 rings (SSSR count). The minimum Gasteiger partial charge on any atom is -0.507 e. The summed E-state index contributed by atoms with van der Waals surface area (Å²) in [6, 6.07) is 19.4. The van der Waals surface area contributed by atoms with E-state index in [1.807, 2.05) is 6.07 Å². The Morgan fingerprint density at radius 1 is 0.968 bits per heavy atom. The van der Waals surface area contributed by atoms with Crippen molar-refractivity contribution in [3.8, 4) is 17.1 Å². The number of anilines is 1. The number of nitro groups is 1. The third kappa shape index (κ3) is 4.07. The van der Waals surface area contributed by atoms with E-state index in [0.717, 1.165) is 5.39 Å². The number of nitrogens with one attached hydrogen (secondary N) is 2. The Morgan fingerprint density at radius 3 is 2.52 bits per heavy atom. The molecular formula is C22H15N3O5S. The molecule has 8 nitrogen and oxygen atoms in total. The highest BCUT2D eigenvalue weighted by atomic mass is 32.1. The Hall–Kier alpha value is -4.24. The summed E-state index contributed by atoms with van der Waals surface area (Å²) in [7, 11) is 0. The van der Waals surface area contributed by atoms with Gasteiger partial charge in [0.15, 0.2) is 10.9 Å². The molecule has 4 aromatic rings. The van der Waals surface area contributed by atoms with Crippen molar-refractivity contribution >= 4 is 45.4 Å². The van der Waals surface area contributed by atoms with E-state index in [0.29, 0.717) is 11.1 Å². The number of carbonyl (C=O) groups excluding carboxylic acids is 1. The zero-order chi connectivity index (χ0) is 22.0. The van der Waals surface area contributed by atoms with Gasteiger partial charge in [-0.1, -0.05) is 36.4 Å². The number of amides is 1. The first-order chi connectivity index (χ1) is 14.9. The summed E-state index contributed by atoms with van der Waals surface area (Å²) in [5.74, 6) is -0.326. The highest BCUT2D eigenvalue weighted by Crippen LogP contribution is 2.31. The average molecular weight is 433 g/mol. The first-order valence-electron chi connectivity index (χ1n) is 9.10. The van der Waals surface area contributed by atoms with Crippen LogP contribution >= 0.6 is 12.2 Å². The summed E-state index contributed by atoms with van der Waals surface area (Å²) in [6.07, 6.45) is 0. The van der Waals surface area contributed by atoms with Crippen molar-refractivity contribution in [3.05, 3.63) is 88.7 Å². The minimum atomic E-state index is -0.606. The van der Waals surface area contributed by atoms with E-state index >= 15 is 0 Å². The largest absolute Gasteiger partial charge is 0.507 e. The van der Waals surface area contributed by atoms with Crippen molar-refractivity contribution in [1.82, 2.24) is 5.32 Å². The Balaban J connectivity index is 1.51. The summed E-state index contributed by atoms with van der Waals surface area (Å²) in [6.45, 7) is 0. The van der Waals surface area contributed by atoms with Gasteiger partial charge < -0.3 is 14.8 Å². The van der Waals surface area contributed by atoms with Crippen LogP contribution in [-0.4, -0.2) is 21.0 Å². The first-order valence-corrected chi connectivity index (χ1v) is 9.51. The van der Waals surface area contributed by atoms with Gasteiger partial charge in [0.1, 0.15) is 11.5 Å². The zero-order valence-corrected chi connectivity index (χ0v) is 16.7. The number of phenols is 1. The number of hydrogen-bond acceptors (Lipinski definition) is 6. The number of rotatable bonds is 4. The second-order valence-corrected chi connectivity index (χ2v) is 6.93. The second-order valence-electron chi connectivity index (χ2n) is 6.52. The van der Waals surface area contributed by atoms with Gasteiger partial charge in [-0.15, -0.1) is 0 Å². The Labute approximate surface area is 181 Å². The third-order valence-electron chi connectivity index (χ3n) is 4.57. The van der Waals surface area contributed by atoms with E-state index in [2.05, 4.69) is 10.6 Å². The molecular weight excluding hydrogens is 418 g/mol. The van der Waals surface area contributed by atoms with Gasteiger partial charge in [-0.2, -0.15) is 0 Å². The van der Waals surface area contributed by atoms with Gasteiger partial charge in [-0.25, -0.2) is 0 Å². The van der Waals surface area contributed by atoms with Crippen molar-refractivity contribution in [3.63, 3.8) is 0 Å². The zero-order valence-electron chi connectivity index (χ0n) is 15.9. The number of nitrogens with zero attached hydrogens (tertiary/aromatic N) is 1. The van der Waals surface area contributed by atoms with Crippen LogP contribution in [0.5, 0.6) is 5.75 Å². The minimum absolute atomic E-state index is 0.0319. The summed E-state index contributed by atoms with van der Waals surface area (Å²) in [5, 5.41) is 28.1. The van der Waals surface area contributed by atoms with E-state index in [9.17, 15) is 20.0 Å². The van der Waals surface area contributed by atoms with Crippen LogP contribution in [0.2, 0.25) is 0 Å². The molecule has 0 fully saturated rings. The molecule has 3 aromatic carbocycles. The summed E-state index contributed by atoms with van der Waals surface area (Å²) >= 11 is 5.23. The topological polar surface area (TPSA) is 118 Å². The monoisotopic (exact) mass is 433 g/mol. The van der Waals surface area contributed by atoms with E-state index in [1.165, 1.54) is 18.2 Å². The number of para-hydroxylation sites is 1. The maximum Gasteiger partial charge on any atom is 0.293 e. The molecule has 0 aliphatic heterocycles. The number of fused-ring (bicyclic) bond motifs is 1. The molecule has 0 radical (unpaired) electrons. The fourth-order valence-electron chi connectivity index (χ4n) is 3.17. The number of phenolic OH excluding ortho intramolecular Hbond substituents is 1. The number of hydrogen-bond donors (Lipinski definition) is 3. The van der Waals surface area contributed by atoms with Gasteiger partial charge >= 0.3 is 0 Å². The molecule has 0 aliphatic rings. The van der Waals surface area contributed by atoms with E-state index in [-0.39, 0.29) is 33.6 Å². The van der Waals surface area contributed by atoms with Crippen LogP contribution < -0.4 is 10.6 Å². The molecule has 0 spiro atoms. The number of thiocarbonyl (C=S) groups is 1. The number of benzene rings is 3. The van der Waals surface area contributed by atoms with E-state index < -0.39 is 10.8 Å². The number of nitro benzene ring substituents is 1. The smallest absolute Gasteiger partial charge is 0.293 e. The molecule has 0 unspecified atom stereocenters. The molecule has 0 bridgehead atoms. The highest BCUT2D eigenvalue weighted by Gasteiger charge is 2.20. The number of furan rings is 1. The molecule has 154 valence electrons. The summed E-state index contributed by atoms with van der Waals surface area (Å²) in [4.78, 5) is 23.2. The Bertz CT molecular complexity index is 1330. The molecule has 31 heavy (non-hydrogen) atoms. The SMILES string of the molecule is O=C(NC(=S)Nc1cccc2c(O)cccc12)c1ccc(-c2ccccc2[N+](=O)[O-])o1. The molecule has 1 aromatic heterocycles. The molecule has 0 aliphatic carbocycles. The van der Waals surface area contributed by atoms with Crippen LogP contribution in [0.1, 0.15) is 10.6 Å². The second kappa shape index (κ2) is 8.25. The van der Waals surface area contributed by atoms with E-state index in [4.69, 9.17) is 16.6 Å². The normalized spacial score (nSPS) is 10.6. The molecule has 0 saturated carbocycles. The van der Waals surface area contributed by atoms with Crippen molar-refractivity contribution in [2.45, 2.75) is 0 Å². The molecule has 0 atom stereocenters. The predicted octanol–water partition coefficient (Wildman–Crippen LogP) is 4.84. The fourth-order valence-corrected chi connectivity index (χ4v) is 3.37. The summed E-state index contributed by atoms with van der Waals surface area (Å²) in [5.41, 5.74) is 0.752. The van der Waals surface area contributed by atoms with Gasteiger partial charge in [0.25, 0.3) is 11.6 Å². The van der Waals surface area contributed by atoms with Crippen molar-refractivity contribution in [2.75, 3.05) is 5.32 Å². The van der Waals surface area contributed by atoms with Crippen LogP contribution in [0.25, 0.3) is 22.1 Å². The number of carbonyl (C=O) groups is 1. The van der Waals surface area contributed by atoms with Gasteiger partial charge in [0.2, 0.25) is 0 Å². The molecule has 9 heteroatoms. The maximum absolute atomic E-state index is 12.5. The average Bonchev–Trinajstić information content (AvgIpc) is 3.25. The standard InChI is InChI=1S/C22H15N3O5S/c26-18-10-4-6-13-14(18)7-3-8-16(13)23-22(31)24-21(27)20-12-11-19(30-20)15-5-1-2-9-17(15)25(28)29/h1-12,26H,(H2,23,24,27,31). The predicted molar refractivity (Wildman–Crippen MR) is 120 cm³/mol. The van der Waals surface area contributed by atoms with Crippen molar-refractivity contribution in [2.24, 2.45) is 0 Å². The van der Waals surface area contributed by atoms with Gasteiger partial charge in [-0.05, 0) is 42.5 Å². The maximum atomic E-state index is 12.5. The van der Waals surface area contributed by atoms with Crippen molar-refractivity contribution in [1.29, 1.82) is 0 Å². The Kier molecular flexibility index (Phi) is 5.33. The lowest BCUT2D eigenvalue weighted by Crippen LogP contribution is -2.33. The Morgan fingerprint density at radius 2 is 1.71 bits per heavy atom. The highest BCUT2D eigenvalue weighted by molar-refractivity contribution is 7.80. The van der Waals surface area contributed by atoms with Crippen LogP contribution in [0, 0.1) is 10.1 Å². The lowest BCUT2D eigenvalue weighted by molar-refractivity contribution is -0.384. The van der Waals surface area contributed by atoms with Gasteiger partial charge in [0.05, 0.1) is 10.5 Å². The van der Waals surface area contributed by atoms with Crippen LogP contribution in [-0.2, 0) is 0 Å². The molecule has 0 saturated heterocycles. The fraction of sp³-hybridized carbons (Fsp3) is 0. The third-order valence-corrected chi connectivity index (χ3v) is 4.77. The van der Waals surface area contributed by atoms with Crippen LogP contribution in [0.15, 0.2) is 77.2 Å². The van der Waals surface area contributed by atoms with Gasteiger partial charge in [-0.3, -0.25) is 20.2 Å². The summed E-state index contributed by atoms with van der Waals surface area (Å²) < 4.78 is 5.52. The van der Waals surface area contributed by atoms with Crippen LogP contribution in [0.4, 0.5) is 11.4 Å². The first kappa shape index (κ1) is 20.0. The number of aromatic hydroxyl groups is 1. The molecule has 1 heterocycles. The lowest BCUT2D eigenvalue weighted by Gasteiger charge is -2.11. The molecule has 1 amide bonds. The lowest BCUT2D eigenvalue weighted by atomic mass is 10.1.